The maximum Gasteiger partial charge on any atom is 0.328 e. The van der Waals surface area contributed by atoms with Crippen molar-refractivity contribution in [2.24, 2.45) is 0 Å². The molecule has 0 radical (unpaired) electrons. The lowest BCUT2D eigenvalue weighted by atomic mass is 10.1. The summed E-state index contributed by atoms with van der Waals surface area (Å²) in [6, 6.07) is 11.9. The number of tetrazole rings is 1. The van der Waals surface area contributed by atoms with Crippen molar-refractivity contribution in [1.82, 2.24) is 25.1 Å². The second-order valence-corrected chi connectivity index (χ2v) is 6.71. The molecule has 0 spiro atoms. The number of hydrogen-bond donors (Lipinski definition) is 0. The molecule has 1 aliphatic heterocycles. The highest BCUT2D eigenvalue weighted by atomic mass is 19.1. The van der Waals surface area contributed by atoms with Gasteiger partial charge in [0.1, 0.15) is 18.5 Å². The average Bonchev–Trinajstić information content (AvgIpc) is 3.45. The summed E-state index contributed by atoms with van der Waals surface area (Å²) in [4.78, 5) is 26.9. The van der Waals surface area contributed by atoms with Crippen LogP contribution >= 0.6 is 0 Å². The minimum absolute atomic E-state index is 0.0705. The van der Waals surface area contributed by atoms with Crippen LogP contribution in [-0.4, -0.2) is 62.8 Å². The molecule has 1 fully saturated rings. The lowest BCUT2D eigenvalue weighted by Crippen LogP contribution is -2.41. The van der Waals surface area contributed by atoms with E-state index in [0.717, 1.165) is 0 Å². The van der Waals surface area contributed by atoms with Gasteiger partial charge >= 0.3 is 5.97 Å². The highest BCUT2D eigenvalue weighted by Gasteiger charge is 2.42. The van der Waals surface area contributed by atoms with Gasteiger partial charge in [-0.2, -0.15) is 0 Å². The third-order valence-electron chi connectivity index (χ3n) is 4.83. The summed E-state index contributed by atoms with van der Waals surface area (Å²) >= 11 is 0. The number of rotatable bonds is 5. The van der Waals surface area contributed by atoms with Crippen molar-refractivity contribution in [3.8, 4) is 11.4 Å². The molecule has 2 unspecified atom stereocenters. The van der Waals surface area contributed by atoms with Gasteiger partial charge in [-0.05, 0) is 40.8 Å². The van der Waals surface area contributed by atoms with Gasteiger partial charge in [-0.15, -0.1) is 5.10 Å². The number of likely N-dealkylation sites (tertiary alicyclic amines) is 1. The lowest BCUT2D eigenvalue weighted by molar-refractivity contribution is -0.145. The fraction of sp³-hybridized carbons (Fsp3) is 0.250. The molecule has 0 bridgehead atoms. The molecule has 30 heavy (non-hydrogen) atoms. The van der Waals surface area contributed by atoms with Crippen LogP contribution in [0.25, 0.3) is 5.69 Å². The van der Waals surface area contributed by atoms with E-state index in [9.17, 15) is 14.0 Å². The molecule has 3 aromatic rings. The maximum absolute atomic E-state index is 13.9. The maximum atomic E-state index is 13.9. The molecule has 0 aliphatic carbocycles. The van der Waals surface area contributed by atoms with E-state index in [4.69, 9.17) is 9.47 Å². The van der Waals surface area contributed by atoms with Gasteiger partial charge in [-0.3, -0.25) is 4.79 Å². The third-order valence-corrected chi connectivity index (χ3v) is 4.83. The Hall–Kier alpha value is -3.82. The number of para-hydroxylation sites is 1. The van der Waals surface area contributed by atoms with Crippen molar-refractivity contribution in [2.45, 2.75) is 18.6 Å². The Morgan fingerprint density at radius 1 is 1.17 bits per heavy atom. The molecule has 4 rings (SSSR count). The zero-order valence-electron chi connectivity index (χ0n) is 16.0. The van der Waals surface area contributed by atoms with Gasteiger partial charge in [0.2, 0.25) is 0 Å². The molecule has 154 valence electrons. The van der Waals surface area contributed by atoms with Crippen LogP contribution in [0.5, 0.6) is 5.75 Å². The molecule has 1 amide bonds. The fourth-order valence-corrected chi connectivity index (χ4v) is 3.41. The normalized spacial score (nSPS) is 18.3. The molecular formula is C20H18FN5O4. The highest BCUT2D eigenvalue weighted by molar-refractivity contribution is 5.97. The van der Waals surface area contributed by atoms with Gasteiger partial charge in [0.15, 0.2) is 11.6 Å². The fourth-order valence-electron chi connectivity index (χ4n) is 3.41. The van der Waals surface area contributed by atoms with E-state index in [-0.39, 0.29) is 24.6 Å². The SMILES string of the molecule is COC(=O)C1CC(Oc2ccccc2F)CN1C(=O)c1cccc(-n2cnnn2)c1. The molecule has 2 atom stereocenters. The number of aromatic nitrogens is 4. The van der Waals surface area contributed by atoms with Crippen LogP contribution in [0.2, 0.25) is 0 Å². The first-order chi connectivity index (χ1) is 14.6. The van der Waals surface area contributed by atoms with Crippen molar-refractivity contribution >= 4 is 11.9 Å². The van der Waals surface area contributed by atoms with E-state index in [2.05, 4.69) is 15.5 Å². The Morgan fingerprint density at radius 2 is 2.00 bits per heavy atom. The number of amides is 1. The van der Waals surface area contributed by atoms with Crippen LogP contribution < -0.4 is 4.74 Å². The first kappa shape index (κ1) is 19.5. The molecule has 2 heterocycles. The molecular weight excluding hydrogens is 393 g/mol. The van der Waals surface area contributed by atoms with Gasteiger partial charge in [-0.25, -0.2) is 13.9 Å². The van der Waals surface area contributed by atoms with E-state index in [1.807, 2.05) is 0 Å². The molecule has 10 heteroatoms. The summed E-state index contributed by atoms with van der Waals surface area (Å²) in [6.45, 7) is 0.113. The van der Waals surface area contributed by atoms with Gasteiger partial charge in [0.05, 0.1) is 19.3 Å². The van der Waals surface area contributed by atoms with Gasteiger partial charge in [0.25, 0.3) is 5.91 Å². The number of carbonyl (C=O) groups is 2. The van der Waals surface area contributed by atoms with Crippen LogP contribution in [0.15, 0.2) is 54.9 Å². The Labute approximate surface area is 171 Å². The van der Waals surface area contributed by atoms with Crippen LogP contribution in [0.3, 0.4) is 0 Å². The average molecular weight is 411 g/mol. The minimum Gasteiger partial charge on any atom is -0.485 e. The number of methoxy groups -OCH3 is 1. The van der Waals surface area contributed by atoms with E-state index >= 15 is 0 Å². The third kappa shape index (κ3) is 3.84. The molecule has 1 aromatic heterocycles. The molecule has 1 aliphatic rings. The summed E-state index contributed by atoms with van der Waals surface area (Å²) in [7, 11) is 1.26. The van der Waals surface area contributed by atoms with Crippen molar-refractivity contribution < 1.29 is 23.5 Å². The summed E-state index contributed by atoms with van der Waals surface area (Å²) in [5.74, 6) is -1.37. The quantitative estimate of drug-likeness (QED) is 0.589. The molecule has 0 saturated carbocycles. The van der Waals surface area contributed by atoms with Crippen LogP contribution in [-0.2, 0) is 9.53 Å². The predicted octanol–water partition coefficient (Wildman–Crippen LogP) is 1.64. The van der Waals surface area contributed by atoms with Crippen molar-refractivity contribution in [3.05, 3.63) is 66.2 Å². The molecule has 2 aromatic carbocycles. The Balaban J connectivity index is 1.58. The number of nitrogens with zero attached hydrogens (tertiary/aromatic N) is 5. The zero-order chi connectivity index (χ0) is 21.1. The van der Waals surface area contributed by atoms with Crippen molar-refractivity contribution in [3.63, 3.8) is 0 Å². The number of hydrogen-bond acceptors (Lipinski definition) is 7. The van der Waals surface area contributed by atoms with Crippen LogP contribution in [0.1, 0.15) is 16.8 Å². The number of carbonyl (C=O) groups excluding carboxylic acids is 2. The highest BCUT2D eigenvalue weighted by Crippen LogP contribution is 2.27. The zero-order valence-corrected chi connectivity index (χ0v) is 16.0. The lowest BCUT2D eigenvalue weighted by Gasteiger charge is -2.22. The Kier molecular flexibility index (Phi) is 5.38. The molecule has 1 saturated heterocycles. The summed E-state index contributed by atoms with van der Waals surface area (Å²) < 4.78 is 26.0. The van der Waals surface area contributed by atoms with Gasteiger partial charge in [0, 0.05) is 12.0 Å². The smallest absolute Gasteiger partial charge is 0.328 e. The second kappa shape index (κ2) is 8.27. The van der Waals surface area contributed by atoms with E-state index in [0.29, 0.717) is 11.3 Å². The number of benzene rings is 2. The minimum atomic E-state index is -0.837. The summed E-state index contributed by atoms with van der Waals surface area (Å²) in [5.41, 5.74) is 0.947. The summed E-state index contributed by atoms with van der Waals surface area (Å²) in [5, 5.41) is 11.0. The van der Waals surface area contributed by atoms with Crippen molar-refractivity contribution in [1.29, 1.82) is 0 Å². The topological polar surface area (TPSA) is 99.4 Å². The van der Waals surface area contributed by atoms with E-state index < -0.39 is 23.9 Å². The monoisotopic (exact) mass is 411 g/mol. The van der Waals surface area contributed by atoms with Crippen LogP contribution in [0.4, 0.5) is 4.39 Å². The number of esters is 1. The van der Waals surface area contributed by atoms with Crippen LogP contribution in [0, 0.1) is 5.82 Å². The Bertz CT molecular complexity index is 1060. The summed E-state index contributed by atoms with van der Waals surface area (Å²) in [6.07, 6.45) is 1.05. The van der Waals surface area contributed by atoms with Gasteiger partial charge < -0.3 is 14.4 Å². The largest absolute Gasteiger partial charge is 0.485 e. The number of halogens is 1. The predicted molar refractivity (Wildman–Crippen MR) is 101 cm³/mol. The van der Waals surface area contributed by atoms with E-state index in [1.54, 1.807) is 36.4 Å². The molecule has 9 nitrogen and oxygen atoms in total. The first-order valence-electron chi connectivity index (χ1n) is 9.20. The van der Waals surface area contributed by atoms with Gasteiger partial charge in [-0.1, -0.05) is 18.2 Å². The second-order valence-electron chi connectivity index (χ2n) is 6.71. The Morgan fingerprint density at radius 3 is 2.73 bits per heavy atom. The number of ether oxygens (including phenoxy) is 2. The van der Waals surface area contributed by atoms with Crippen molar-refractivity contribution in [2.75, 3.05) is 13.7 Å². The van der Waals surface area contributed by atoms with E-state index in [1.165, 1.54) is 35.2 Å². The first-order valence-corrected chi connectivity index (χ1v) is 9.20. The molecule has 0 N–H and O–H groups in total. The standard InChI is InChI=1S/C20H18FN5O4/c1-29-20(28)17-10-15(30-18-8-3-2-7-16(18)21)11-25(17)19(27)13-5-4-6-14(9-13)26-12-22-23-24-26/h2-9,12,15,17H,10-11H2,1H3.